The van der Waals surface area contributed by atoms with E-state index in [-0.39, 0.29) is 12.0 Å². The van der Waals surface area contributed by atoms with Crippen LogP contribution >= 0.6 is 0 Å². The van der Waals surface area contributed by atoms with Gasteiger partial charge in [0.05, 0.1) is 11.7 Å². The lowest BCUT2D eigenvalue weighted by Gasteiger charge is -2.22. The third kappa shape index (κ3) is 3.32. The standard InChI is InChI=1S/C14H24N2O/c1-14(2,11-17)10-12-8-9-16(15-12)13-6-4-3-5-7-13/h8-9,13,17H,3-7,10-11H2,1-2H3. The van der Waals surface area contributed by atoms with Gasteiger partial charge in [-0.25, -0.2) is 0 Å². The molecule has 0 radical (unpaired) electrons. The summed E-state index contributed by atoms with van der Waals surface area (Å²) in [5.74, 6) is 0. The SMILES string of the molecule is CC(C)(CO)Cc1ccn(C2CCCCC2)n1. The second kappa shape index (κ2) is 5.21. The summed E-state index contributed by atoms with van der Waals surface area (Å²) in [5, 5.41) is 13.9. The molecule has 0 saturated heterocycles. The van der Waals surface area contributed by atoms with Crippen molar-refractivity contribution in [1.82, 2.24) is 9.78 Å². The van der Waals surface area contributed by atoms with Crippen LogP contribution in [0.2, 0.25) is 0 Å². The topological polar surface area (TPSA) is 38.0 Å². The summed E-state index contributed by atoms with van der Waals surface area (Å²) >= 11 is 0. The summed E-state index contributed by atoms with van der Waals surface area (Å²) in [5.41, 5.74) is 1.04. The molecule has 0 amide bonds. The van der Waals surface area contributed by atoms with Crippen molar-refractivity contribution in [2.75, 3.05) is 6.61 Å². The van der Waals surface area contributed by atoms with E-state index in [0.29, 0.717) is 6.04 Å². The average molecular weight is 236 g/mol. The second-order valence-electron chi connectivity index (χ2n) is 6.08. The molecule has 96 valence electrons. The number of aliphatic hydroxyl groups is 1. The summed E-state index contributed by atoms with van der Waals surface area (Å²) in [4.78, 5) is 0. The summed E-state index contributed by atoms with van der Waals surface area (Å²) in [7, 11) is 0. The van der Waals surface area contributed by atoms with E-state index in [4.69, 9.17) is 0 Å². The molecule has 1 aromatic rings. The summed E-state index contributed by atoms with van der Waals surface area (Å²) in [6, 6.07) is 2.71. The van der Waals surface area contributed by atoms with Crippen LogP contribution in [0.3, 0.4) is 0 Å². The highest BCUT2D eigenvalue weighted by molar-refractivity contribution is 5.03. The van der Waals surface area contributed by atoms with Gasteiger partial charge in [-0.15, -0.1) is 0 Å². The van der Waals surface area contributed by atoms with E-state index in [1.54, 1.807) is 0 Å². The van der Waals surface area contributed by atoms with Crippen LogP contribution in [0.25, 0.3) is 0 Å². The van der Waals surface area contributed by atoms with Crippen LogP contribution in [0.15, 0.2) is 12.3 Å². The maximum atomic E-state index is 9.28. The van der Waals surface area contributed by atoms with Gasteiger partial charge >= 0.3 is 0 Å². The molecule has 0 aromatic carbocycles. The Labute approximate surface area is 104 Å². The minimum atomic E-state index is -0.0637. The third-order valence-electron chi connectivity index (χ3n) is 3.70. The Balaban J connectivity index is 2.00. The Hall–Kier alpha value is -0.830. The zero-order valence-electron chi connectivity index (χ0n) is 11.0. The quantitative estimate of drug-likeness (QED) is 0.872. The van der Waals surface area contributed by atoms with Crippen molar-refractivity contribution in [2.24, 2.45) is 5.41 Å². The van der Waals surface area contributed by atoms with Crippen LogP contribution in [0.1, 0.15) is 57.7 Å². The number of hydrogen-bond donors (Lipinski definition) is 1. The van der Waals surface area contributed by atoms with E-state index in [0.717, 1.165) is 12.1 Å². The minimum absolute atomic E-state index is 0.0637. The van der Waals surface area contributed by atoms with E-state index in [1.807, 2.05) is 0 Å². The van der Waals surface area contributed by atoms with E-state index in [2.05, 4.69) is 35.9 Å². The lowest BCUT2D eigenvalue weighted by molar-refractivity contribution is 0.158. The number of nitrogens with zero attached hydrogens (tertiary/aromatic N) is 2. The molecule has 0 unspecified atom stereocenters. The van der Waals surface area contributed by atoms with Gasteiger partial charge in [0.1, 0.15) is 0 Å². The molecule has 3 nitrogen and oxygen atoms in total. The molecular formula is C14H24N2O. The van der Waals surface area contributed by atoms with Crippen LogP contribution in [0.4, 0.5) is 0 Å². The third-order valence-corrected chi connectivity index (χ3v) is 3.70. The Morgan fingerprint density at radius 1 is 1.35 bits per heavy atom. The van der Waals surface area contributed by atoms with Crippen LogP contribution in [0, 0.1) is 5.41 Å². The van der Waals surface area contributed by atoms with Crippen molar-refractivity contribution in [2.45, 2.75) is 58.4 Å². The largest absolute Gasteiger partial charge is 0.396 e. The van der Waals surface area contributed by atoms with Gasteiger partial charge in [0.25, 0.3) is 0 Å². The molecular weight excluding hydrogens is 212 g/mol. The number of aliphatic hydroxyl groups excluding tert-OH is 1. The highest BCUT2D eigenvalue weighted by Gasteiger charge is 2.20. The van der Waals surface area contributed by atoms with Gasteiger partial charge in [0.15, 0.2) is 0 Å². The molecule has 0 bridgehead atoms. The minimum Gasteiger partial charge on any atom is -0.396 e. The van der Waals surface area contributed by atoms with Gasteiger partial charge in [-0.2, -0.15) is 5.10 Å². The molecule has 0 atom stereocenters. The van der Waals surface area contributed by atoms with Crippen molar-refractivity contribution in [3.63, 3.8) is 0 Å². The first-order valence-corrected chi connectivity index (χ1v) is 6.76. The summed E-state index contributed by atoms with van der Waals surface area (Å²) < 4.78 is 2.14. The number of hydrogen-bond acceptors (Lipinski definition) is 2. The second-order valence-corrected chi connectivity index (χ2v) is 6.08. The molecule has 2 rings (SSSR count). The van der Waals surface area contributed by atoms with Crippen molar-refractivity contribution in [3.05, 3.63) is 18.0 Å². The van der Waals surface area contributed by atoms with Crippen molar-refractivity contribution in [3.8, 4) is 0 Å². The van der Waals surface area contributed by atoms with Gasteiger partial charge in [0, 0.05) is 12.8 Å². The number of rotatable bonds is 4. The first-order valence-electron chi connectivity index (χ1n) is 6.76. The fourth-order valence-corrected chi connectivity index (χ4v) is 2.57. The van der Waals surface area contributed by atoms with Crippen molar-refractivity contribution in [1.29, 1.82) is 0 Å². The Bertz CT molecular complexity index is 351. The molecule has 1 aliphatic rings. The molecule has 0 spiro atoms. The molecule has 1 saturated carbocycles. The Morgan fingerprint density at radius 2 is 2.06 bits per heavy atom. The predicted octanol–water partition coefficient (Wildman–Crippen LogP) is 2.95. The van der Waals surface area contributed by atoms with E-state index in [9.17, 15) is 5.11 Å². The van der Waals surface area contributed by atoms with Gasteiger partial charge in [0.2, 0.25) is 0 Å². The summed E-state index contributed by atoms with van der Waals surface area (Å²) in [6.07, 6.45) is 9.54. The van der Waals surface area contributed by atoms with Gasteiger partial charge in [-0.05, 0) is 30.7 Å². The zero-order valence-corrected chi connectivity index (χ0v) is 11.0. The normalized spacial score (nSPS) is 18.5. The van der Waals surface area contributed by atoms with Crippen LogP contribution in [0.5, 0.6) is 0 Å². The van der Waals surface area contributed by atoms with Crippen LogP contribution in [-0.4, -0.2) is 21.5 Å². The zero-order chi connectivity index (χ0) is 12.3. The van der Waals surface area contributed by atoms with Crippen molar-refractivity contribution < 1.29 is 5.11 Å². The highest BCUT2D eigenvalue weighted by atomic mass is 16.3. The first-order chi connectivity index (χ1) is 8.11. The maximum Gasteiger partial charge on any atom is 0.0630 e. The molecule has 1 aliphatic carbocycles. The average Bonchev–Trinajstić information content (AvgIpc) is 2.78. The molecule has 0 aliphatic heterocycles. The van der Waals surface area contributed by atoms with Gasteiger partial charge in [-0.1, -0.05) is 33.1 Å². The molecule has 1 aromatic heterocycles. The smallest absolute Gasteiger partial charge is 0.0630 e. The molecule has 3 heteroatoms. The van der Waals surface area contributed by atoms with E-state index < -0.39 is 0 Å². The Morgan fingerprint density at radius 3 is 2.71 bits per heavy atom. The lowest BCUT2D eigenvalue weighted by atomic mass is 9.89. The molecule has 1 heterocycles. The summed E-state index contributed by atoms with van der Waals surface area (Å²) in [6.45, 7) is 4.36. The lowest BCUT2D eigenvalue weighted by Crippen LogP contribution is -2.20. The molecule has 1 fully saturated rings. The monoisotopic (exact) mass is 236 g/mol. The fraction of sp³-hybridized carbons (Fsp3) is 0.786. The first kappa shape index (κ1) is 12.6. The van der Waals surface area contributed by atoms with Crippen molar-refractivity contribution >= 4 is 0 Å². The number of aromatic nitrogens is 2. The van der Waals surface area contributed by atoms with Crippen LogP contribution in [-0.2, 0) is 6.42 Å². The Kier molecular flexibility index (Phi) is 3.87. The maximum absolute atomic E-state index is 9.28. The highest BCUT2D eigenvalue weighted by Crippen LogP contribution is 2.28. The van der Waals surface area contributed by atoms with Gasteiger partial charge < -0.3 is 5.11 Å². The molecule has 1 N–H and O–H groups in total. The predicted molar refractivity (Wildman–Crippen MR) is 68.9 cm³/mol. The van der Waals surface area contributed by atoms with Crippen LogP contribution < -0.4 is 0 Å². The molecule has 17 heavy (non-hydrogen) atoms. The van der Waals surface area contributed by atoms with E-state index in [1.165, 1.54) is 32.1 Å². The van der Waals surface area contributed by atoms with E-state index >= 15 is 0 Å². The fourth-order valence-electron chi connectivity index (χ4n) is 2.57. The van der Waals surface area contributed by atoms with Gasteiger partial charge in [-0.3, -0.25) is 4.68 Å².